The molecule has 7 aliphatic rings. The molecule has 0 radical (unpaired) electrons. The standard InChI is InChI=1S/C68H66N2O16/c1-7-15-37-45-23-46-38(16-8-2)51-26-52-40(18-10-4)48-24-47-39(17-9-3)50-25-49(37)61-55(29-77-35(5)71)62(50)84-33-81-59(47)54(28-70-67(75)43-21-13-14-22-44(43)68(70)76)60(48)82-34-86-64(52)56(30-78-36(6)72)63(51)85-32-80-58(46)53(57(45)79-31-83-61)27-69-65(73)41-19-11-12-20-42(41)66(69)74/h11-14,19-26,37-40H,7-10,15-18,27-34H2,1-6H3. The van der Waals surface area contributed by atoms with Crippen molar-refractivity contribution in [3.05, 3.63) is 162 Å². The molecule has 6 aromatic carbocycles. The summed E-state index contributed by atoms with van der Waals surface area (Å²) in [6, 6.07) is 22.1. The highest BCUT2D eigenvalue weighted by Gasteiger charge is 2.45. The van der Waals surface area contributed by atoms with Crippen molar-refractivity contribution in [2.24, 2.45) is 0 Å². The summed E-state index contributed by atoms with van der Waals surface area (Å²) in [4.78, 5) is 86.7. The number of carbonyl (C=O) groups is 6. The van der Waals surface area contributed by atoms with Gasteiger partial charge in [-0.05, 0) is 74.2 Å². The maximum atomic E-state index is 14.5. The molecular formula is C68H66N2O16. The van der Waals surface area contributed by atoms with E-state index in [0.29, 0.717) is 120 Å². The van der Waals surface area contributed by atoms with E-state index in [-0.39, 0.29) is 75.7 Å². The summed E-state index contributed by atoms with van der Waals surface area (Å²) in [5.74, 6) is -1.95. The third kappa shape index (κ3) is 9.21. The van der Waals surface area contributed by atoms with Gasteiger partial charge in [0.1, 0.15) is 59.2 Å². The van der Waals surface area contributed by atoms with Crippen LogP contribution in [-0.2, 0) is 45.4 Å². The van der Waals surface area contributed by atoms with Crippen molar-refractivity contribution in [3.63, 3.8) is 0 Å². The second kappa shape index (κ2) is 22.7. The van der Waals surface area contributed by atoms with E-state index < -0.39 is 59.2 Å². The van der Waals surface area contributed by atoms with E-state index >= 15 is 0 Å². The van der Waals surface area contributed by atoms with Gasteiger partial charge in [-0.2, -0.15) is 0 Å². The van der Waals surface area contributed by atoms with Crippen molar-refractivity contribution >= 4 is 35.6 Å². The Labute approximate surface area is 497 Å². The van der Waals surface area contributed by atoms with Gasteiger partial charge < -0.3 is 47.4 Å². The second-order valence-corrected chi connectivity index (χ2v) is 22.8. The second-order valence-electron chi connectivity index (χ2n) is 22.8. The topological polar surface area (TPSA) is 201 Å². The molecule has 8 bridgehead atoms. The summed E-state index contributed by atoms with van der Waals surface area (Å²) in [7, 11) is 0. The van der Waals surface area contributed by atoms with Crippen LogP contribution >= 0.6 is 0 Å². The normalized spacial score (nSPS) is 18.9. The smallest absolute Gasteiger partial charge is 0.302 e. The first-order valence-electron chi connectivity index (χ1n) is 29.8. The largest absolute Gasteiger partial charge is 0.461 e. The van der Waals surface area contributed by atoms with E-state index in [4.69, 9.17) is 47.4 Å². The number of carbonyl (C=O) groups excluding carboxylic acids is 6. The fraction of sp³-hybridized carbons (Fsp3) is 0.382. The Balaban J connectivity index is 1.17. The summed E-state index contributed by atoms with van der Waals surface area (Å²) in [6.45, 7) is 8.66. The Morgan fingerprint density at radius 1 is 0.384 bits per heavy atom. The maximum Gasteiger partial charge on any atom is 0.302 e. The zero-order valence-electron chi connectivity index (χ0n) is 49.0. The molecule has 0 fully saturated rings. The zero-order valence-corrected chi connectivity index (χ0v) is 49.0. The van der Waals surface area contributed by atoms with Crippen molar-refractivity contribution in [2.45, 2.75) is 143 Å². The summed E-state index contributed by atoms with van der Waals surface area (Å²) < 4.78 is 67.1. The average molecular weight is 1170 g/mol. The highest BCUT2D eigenvalue weighted by atomic mass is 16.7. The number of hydrogen-bond acceptors (Lipinski definition) is 16. The Kier molecular flexibility index (Phi) is 14.8. The molecule has 18 nitrogen and oxygen atoms in total. The van der Waals surface area contributed by atoms with Gasteiger partial charge in [-0.15, -0.1) is 0 Å². The van der Waals surface area contributed by atoms with Crippen molar-refractivity contribution in [3.8, 4) is 46.0 Å². The van der Waals surface area contributed by atoms with Crippen LogP contribution in [0.4, 0.5) is 0 Å². The first-order chi connectivity index (χ1) is 41.8. The third-order valence-corrected chi connectivity index (χ3v) is 17.7. The SMILES string of the molecule is CCCC1c2cc3c4c(COC(C)=O)c2OCOc2c1cc1c(c2CN2C(=O)c5ccccc5C2=O)OCOc2c(cc5c(c2COC(C)=O)OCOc2c(cc(c(c2CN2C(=O)c6ccccc6C2=O)OCO4)C3CCC)C5CCC)C1CCC. The van der Waals surface area contributed by atoms with Crippen LogP contribution in [0.2, 0.25) is 0 Å². The minimum absolute atomic E-state index is 0.235. The van der Waals surface area contributed by atoms with E-state index in [1.54, 1.807) is 48.5 Å². The van der Waals surface area contributed by atoms with Gasteiger partial charge in [-0.25, -0.2) is 0 Å². The lowest BCUT2D eigenvalue weighted by atomic mass is 9.74. The van der Waals surface area contributed by atoms with E-state index in [1.807, 2.05) is 0 Å². The van der Waals surface area contributed by atoms with Gasteiger partial charge in [0.25, 0.3) is 23.6 Å². The van der Waals surface area contributed by atoms with Gasteiger partial charge >= 0.3 is 11.9 Å². The van der Waals surface area contributed by atoms with Crippen LogP contribution in [0.25, 0.3) is 0 Å². The van der Waals surface area contributed by atoms with Gasteiger partial charge in [0.2, 0.25) is 27.2 Å². The van der Waals surface area contributed by atoms with Gasteiger partial charge in [0, 0.05) is 82.0 Å². The summed E-state index contributed by atoms with van der Waals surface area (Å²) in [5.41, 5.74) is 8.94. The van der Waals surface area contributed by atoms with Crippen LogP contribution in [-0.4, -0.2) is 72.5 Å². The molecule has 4 unspecified atom stereocenters. The van der Waals surface area contributed by atoms with Crippen LogP contribution in [0.3, 0.4) is 0 Å². The molecule has 4 atom stereocenters. The number of hydrogen-bond donors (Lipinski definition) is 0. The molecule has 0 aromatic heterocycles. The predicted molar refractivity (Wildman–Crippen MR) is 309 cm³/mol. The number of ether oxygens (including phenoxy) is 10. The molecule has 0 saturated heterocycles. The maximum absolute atomic E-state index is 14.5. The molecule has 0 N–H and O–H groups in total. The van der Waals surface area contributed by atoms with Gasteiger partial charge in [0.05, 0.1) is 57.6 Å². The number of rotatable bonds is 16. The lowest BCUT2D eigenvalue weighted by Crippen LogP contribution is -2.31. The Morgan fingerprint density at radius 2 is 0.605 bits per heavy atom. The zero-order chi connectivity index (χ0) is 59.7. The predicted octanol–water partition coefficient (Wildman–Crippen LogP) is 12.4. The van der Waals surface area contributed by atoms with Crippen molar-refractivity contribution in [2.75, 3.05) is 27.2 Å². The van der Waals surface area contributed by atoms with Crippen LogP contribution in [0.5, 0.6) is 46.0 Å². The first kappa shape index (κ1) is 56.1. The third-order valence-electron chi connectivity index (χ3n) is 17.7. The number of esters is 2. The first-order valence-corrected chi connectivity index (χ1v) is 29.8. The van der Waals surface area contributed by atoms with E-state index in [0.717, 1.165) is 44.5 Å². The molecule has 86 heavy (non-hydrogen) atoms. The van der Waals surface area contributed by atoms with Crippen molar-refractivity contribution < 1.29 is 76.1 Å². The Morgan fingerprint density at radius 3 is 0.814 bits per heavy atom. The van der Waals surface area contributed by atoms with Crippen molar-refractivity contribution in [1.82, 2.24) is 9.80 Å². The minimum Gasteiger partial charge on any atom is -0.461 e. The summed E-state index contributed by atoms with van der Waals surface area (Å²) in [5, 5.41) is 0. The molecule has 4 amide bonds. The Bertz CT molecular complexity index is 3390. The Hall–Kier alpha value is -9.06. The molecule has 6 heterocycles. The highest BCUT2D eigenvalue weighted by molar-refractivity contribution is 6.22. The molecule has 0 spiro atoms. The van der Waals surface area contributed by atoms with Crippen LogP contribution < -0.4 is 37.9 Å². The van der Waals surface area contributed by atoms with E-state index in [9.17, 15) is 28.8 Å². The fourth-order valence-corrected chi connectivity index (χ4v) is 14.1. The van der Waals surface area contributed by atoms with Gasteiger partial charge in [0.15, 0.2) is 0 Å². The van der Waals surface area contributed by atoms with Crippen molar-refractivity contribution in [1.29, 1.82) is 0 Å². The number of imide groups is 2. The molecule has 6 aliphatic heterocycles. The van der Waals surface area contributed by atoms with Gasteiger partial charge in [-0.3, -0.25) is 38.6 Å². The van der Waals surface area contributed by atoms with Crippen LogP contribution in [0.15, 0.2) is 72.8 Å². The molecule has 0 saturated carbocycles. The molecule has 18 heteroatoms. The number of nitrogens with zero attached hydrogens (tertiary/aromatic N) is 2. The minimum atomic E-state index is -0.529. The highest BCUT2D eigenvalue weighted by Crippen LogP contribution is 2.59. The number of amides is 4. The van der Waals surface area contributed by atoms with E-state index in [2.05, 4.69) is 52.0 Å². The monoisotopic (exact) mass is 1170 g/mol. The lowest BCUT2D eigenvalue weighted by molar-refractivity contribution is -0.143. The van der Waals surface area contributed by atoms with Gasteiger partial charge in [-0.1, -0.05) is 77.6 Å². The van der Waals surface area contributed by atoms with Crippen LogP contribution in [0, 0.1) is 0 Å². The lowest BCUT2D eigenvalue weighted by Gasteiger charge is -2.38. The molecule has 6 aromatic rings. The average Bonchev–Trinajstić information content (AvgIpc) is 1.12. The van der Waals surface area contributed by atoms with E-state index in [1.165, 1.54) is 23.6 Å². The molecular weight excluding hydrogens is 1100 g/mol. The summed E-state index contributed by atoms with van der Waals surface area (Å²) >= 11 is 0. The van der Waals surface area contributed by atoms with Crippen LogP contribution in [0.1, 0.15) is 225 Å². The fourth-order valence-electron chi connectivity index (χ4n) is 14.1. The number of fused-ring (bicyclic) bond motifs is 2. The molecule has 1 aliphatic carbocycles. The summed E-state index contributed by atoms with van der Waals surface area (Å²) in [6.07, 6.45) is 4.80. The molecule has 444 valence electrons. The molecule has 13 rings (SSSR count). The number of benzene rings is 6. The quantitative estimate of drug-likeness (QED) is 0.0653.